The van der Waals surface area contributed by atoms with Crippen LogP contribution in [0, 0.1) is 34.5 Å². The molecule has 4 fully saturated rings. The molecule has 0 spiro atoms. The van der Waals surface area contributed by atoms with Gasteiger partial charge in [-0.05, 0) is 87.4 Å². The first-order valence-corrected chi connectivity index (χ1v) is 14.7. The molecule has 3 saturated carbocycles. The highest BCUT2D eigenvalue weighted by Crippen LogP contribution is 2.72. The lowest BCUT2D eigenvalue weighted by Gasteiger charge is -2.59. The van der Waals surface area contributed by atoms with Gasteiger partial charge >= 0.3 is 11.9 Å². The third-order valence-electron chi connectivity index (χ3n) is 11.6. The predicted molar refractivity (Wildman–Crippen MR) is 140 cm³/mol. The number of epoxide rings is 1. The van der Waals surface area contributed by atoms with Gasteiger partial charge in [-0.15, -0.1) is 0 Å². The van der Waals surface area contributed by atoms with Crippen molar-refractivity contribution in [3.63, 3.8) is 0 Å². The molecule has 0 radical (unpaired) electrons. The summed E-state index contributed by atoms with van der Waals surface area (Å²) >= 11 is 0. The fourth-order valence-corrected chi connectivity index (χ4v) is 9.60. The number of carbonyl (C=O) groups is 2. The van der Waals surface area contributed by atoms with E-state index in [1.165, 1.54) is 19.4 Å². The zero-order valence-corrected chi connectivity index (χ0v) is 24.0. The molecule has 6 nitrogen and oxygen atoms in total. The summed E-state index contributed by atoms with van der Waals surface area (Å²) in [5.41, 5.74) is -0.739. The van der Waals surface area contributed by atoms with Crippen LogP contribution in [0.1, 0.15) is 106 Å². The Hall–Kier alpha value is -1.40. The minimum atomic E-state index is -1.21. The predicted octanol–water partition coefficient (Wildman–Crippen LogP) is 5.75. The van der Waals surface area contributed by atoms with E-state index in [4.69, 9.17) is 14.2 Å². The number of rotatable bonds is 6. The molecule has 0 unspecified atom stereocenters. The number of aliphatic hydroxyl groups is 1. The number of allylic oxidation sites excluding steroid dienone is 1. The number of hydrogen-bond donors (Lipinski definition) is 1. The van der Waals surface area contributed by atoms with Crippen molar-refractivity contribution in [2.24, 2.45) is 34.5 Å². The fourth-order valence-electron chi connectivity index (χ4n) is 9.60. The van der Waals surface area contributed by atoms with E-state index in [1.54, 1.807) is 0 Å². The van der Waals surface area contributed by atoms with E-state index in [0.717, 1.165) is 51.4 Å². The summed E-state index contributed by atoms with van der Waals surface area (Å²) in [6.45, 7) is 14.1. The SMILES string of the molecule is CC(=O)O[C@H]1CC[C@@]2(C)C(=CC[C@@H]3[C@@H]2CC[C@@]2(C)[C@H]3C[C@H](OC(C)=O)[C@]2(O)[C@]2(C)O[C@@H]2CCC(C)C)C1. The second-order valence-electron chi connectivity index (χ2n) is 14.0. The number of esters is 2. The number of ether oxygens (including phenoxy) is 3. The average Bonchev–Trinajstić information content (AvgIpc) is 3.42. The van der Waals surface area contributed by atoms with E-state index >= 15 is 0 Å². The van der Waals surface area contributed by atoms with Crippen molar-refractivity contribution in [3.8, 4) is 0 Å². The van der Waals surface area contributed by atoms with Crippen LogP contribution in [0.25, 0.3) is 0 Å². The Kier molecular flexibility index (Phi) is 6.67. The second-order valence-corrected chi connectivity index (χ2v) is 14.0. The van der Waals surface area contributed by atoms with Gasteiger partial charge in [-0.25, -0.2) is 0 Å². The summed E-state index contributed by atoms with van der Waals surface area (Å²) < 4.78 is 17.9. The molecule has 0 bridgehead atoms. The summed E-state index contributed by atoms with van der Waals surface area (Å²) in [5.74, 6) is 1.27. The van der Waals surface area contributed by atoms with Crippen molar-refractivity contribution in [3.05, 3.63) is 11.6 Å². The van der Waals surface area contributed by atoms with Crippen molar-refractivity contribution < 1.29 is 28.9 Å². The molecule has 0 aromatic carbocycles. The highest BCUT2D eigenvalue weighted by molar-refractivity contribution is 5.66. The zero-order chi connectivity index (χ0) is 27.0. The average molecular weight is 517 g/mol. The lowest BCUT2D eigenvalue weighted by molar-refractivity contribution is -0.200. The maximum atomic E-state index is 12.7. The van der Waals surface area contributed by atoms with Crippen LogP contribution in [0.5, 0.6) is 0 Å². The molecular weight excluding hydrogens is 468 g/mol. The van der Waals surface area contributed by atoms with Gasteiger partial charge < -0.3 is 19.3 Å². The lowest BCUT2D eigenvalue weighted by Crippen LogP contribution is -2.64. The second kappa shape index (κ2) is 9.08. The number of hydrogen-bond acceptors (Lipinski definition) is 6. The summed E-state index contributed by atoms with van der Waals surface area (Å²) in [4.78, 5) is 23.8. The van der Waals surface area contributed by atoms with Crippen LogP contribution in [0.15, 0.2) is 11.6 Å². The summed E-state index contributed by atoms with van der Waals surface area (Å²) in [6.07, 6.45) is 10.2. The first-order chi connectivity index (χ1) is 17.3. The maximum absolute atomic E-state index is 12.7. The van der Waals surface area contributed by atoms with Crippen LogP contribution in [0.3, 0.4) is 0 Å². The van der Waals surface area contributed by atoms with Crippen molar-refractivity contribution >= 4 is 11.9 Å². The number of fused-ring (bicyclic) bond motifs is 5. The number of carbonyl (C=O) groups excluding carboxylic acids is 2. The van der Waals surface area contributed by atoms with Gasteiger partial charge in [0.1, 0.15) is 23.4 Å². The molecule has 10 atom stereocenters. The normalized spacial score (nSPS) is 48.4. The van der Waals surface area contributed by atoms with Crippen molar-refractivity contribution in [1.82, 2.24) is 0 Å². The lowest BCUT2D eigenvalue weighted by atomic mass is 9.46. The van der Waals surface area contributed by atoms with Crippen LogP contribution >= 0.6 is 0 Å². The molecular formula is C31H48O6. The maximum Gasteiger partial charge on any atom is 0.303 e. The molecule has 208 valence electrons. The Morgan fingerprint density at radius 1 is 1.08 bits per heavy atom. The summed E-state index contributed by atoms with van der Waals surface area (Å²) in [6, 6.07) is 0. The Bertz CT molecular complexity index is 973. The van der Waals surface area contributed by atoms with Crippen LogP contribution < -0.4 is 0 Å². The molecule has 5 rings (SSSR count). The van der Waals surface area contributed by atoms with Gasteiger partial charge in [0.2, 0.25) is 0 Å². The fraction of sp³-hybridized carbons (Fsp3) is 0.871. The van der Waals surface area contributed by atoms with Crippen LogP contribution in [0.2, 0.25) is 0 Å². The van der Waals surface area contributed by atoms with E-state index in [0.29, 0.717) is 24.2 Å². The molecule has 0 aromatic rings. The van der Waals surface area contributed by atoms with E-state index in [9.17, 15) is 14.7 Å². The van der Waals surface area contributed by atoms with Crippen molar-refractivity contribution in [2.75, 3.05) is 0 Å². The van der Waals surface area contributed by atoms with Gasteiger partial charge in [-0.1, -0.05) is 39.3 Å². The minimum Gasteiger partial charge on any atom is -0.462 e. The van der Waals surface area contributed by atoms with Gasteiger partial charge in [0.25, 0.3) is 0 Å². The largest absolute Gasteiger partial charge is 0.462 e. The standard InChI is InChI=1S/C31H48O6/c1-18(2)8-11-26-30(7,37-26)31(34)27(36-20(4)33)17-25-23-10-9-21-16-22(35-19(3)32)12-14-28(21,5)24(23)13-15-29(25,31)6/h9,18,22-27,34H,8,10-17H2,1-7H3/t22-,23+,24-,25-,26+,27-,28-,29-,30+,31+/m0/s1. The first kappa shape index (κ1) is 27.2. The smallest absolute Gasteiger partial charge is 0.303 e. The van der Waals surface area contributed by atoms with E-state index in [-0.39, 0.29) is 40.9 Å². The Morgan fingerprint density at radius 2 is 1.78 bits per heavy atom. The van der Waals surface area contributed by atoms with Crippen LogP contribution in [-0.2, 0) is 23.8 Å². The van der Waals surface area contributed by atoms with E-state index in [1.807, 2.05) is 0 Å². The first-order valence-electron chi connectivity index (χ1n) is 14.7. The van der Waals surface area contributed by atoms with Crippen molar-refractivity contribution in [2.45, 2.75) is 136 Å². The Morgan fingerprint density at radius 3 is 2.43 bits per heavy atom. The molecule has 1 saturated heterocycles. The molecule has 1 N–H and O–H groups in total. The van der Waals surface area contributed by atoms with Gasteiger partial charge in [0.15, 0.2) is 0 Å². The highest BCUT2D eigenvalue weighted by atomic mass is 16.6. The molecule has 5 aliphatic rings. The topological polar surface area (TPSA) is 85.4 Å². The molecule has 0 amide bonds. The highest BCUT2D eigenvalue weighted by Gasteiger charge is 2.80. The summed E-state index contributed by atoms with van der Waals surface area (Å²) in [5, 5.41) is 12.7. The third-order valence-corrected chi connectivity index (χ3v) is 11.6. The van der Waals surface area contributed by atoms with Crippen LogP contribution in [0.4, 0.5) is 0 Å². The van der Waals surface area contributed by atoms with Gasteiger partial charge in [0.05, 0.1) is 6.10 Å². The molecule has 1 heterocycles. The monoisotopic (exact) mass is 516 g/mol. The quantitative estimate of drug-likeness (QED) is 0.275. The van der Waals surface area contributed by atoms with Gasteiger partial charge in [0, 0.05) is 25.7 Å². The van der Waals surface area contributed by atoms with E-state index < -0.39 is 17.3 Å². The molecule has 37 heavy (non-hydrogen) atoms. The molecule has 4 aliphatic carbocycles. The van der Waals surface area contributed by atoms with E-state index in [2.05, 4.69) is 40.7 Å². The zero-order valence-electron chi connectivity index (χ0n) is 24.0. The molecule has 1 aliphatic heterocycles. The molecule has 0 aromatic heterocycles. The third kappa shape index (κ3) is 4.02. The van der Waals surface area contributed by atoms with Gasteiger partial charge in [-0.2, -0.15) is 0 Å². The minimum absolute atomic E-state index is 0.00168. The van der Waals surface area contributed by atoms with Crippen LogP contribution in [-0.4, -0.2) is 46.6 Å². The van der Waals surface area contributed by atoms with Gasteiger partial charge in [-0.3, -0.25) is 9.59 Å². The summed E-state index contributed by atoms with van der Waals surface area (Å²) in [7, 11) is 0. The Labute approximate surface area is 222 Å². The Balaban J connectivity index is 1.44. The molecule has 6 heteroatoms. The van der Waals surface area contributed by atoms with Crippen molar-refractivity contribution in [1.29, 1.82) is 0 Å².